The summed E-state index contributed by atoms with van der Waals surface area (Å²) >= 11 is 5.92. The topological polar surface area (TPSA) is 63.1 Å². The second kappa shape index (κ2) is 6.50. The molecule has 0 spiro atoms. The Kier molecular flexibility index (Phi) is 4.30. The van der Waals surface area contributed by atoms with Crippen LogP contribution in [0.4, 0.5) is 14.5 Å². The largest absolute Gasteiger partial charge is 0.362 e. The number of alkyl halides is 2. The summed E-state index contributed by atoms with van der Waals surface area (Å²) in [5, 5.41) is 7.29. The fourth-order valence-corrected chi connectivity index (χ4v) is 3.38. The minimum absolute atomic E-state index is 0.0748. The third-order valence-electron chi connectivity index (χ3n) is 4.76. The number of nitrogens with one attached hydrogen (secondary N) is 1. The molecule has 2 fully saturated rings. The van der Waals surface area contributed by atoms with E-state index in [9.17, 15) is 13.6 Å². The number of amides is 1. The first-order valence-corrected chi connectivity index (χ1v) is 8.89. The Labute approximate surface area is 154 Å². The van der Waals surface area contributed by atoms with Gasteiger partial charge in [-0.2, -0.15) is 5.10 Å². The number of nitrogens with zero attached hydrogens (tertiary/aromatic N) is 4. The van der Waals surface area contributed by atoms with Crippen molar-refractivity contribution in [1.29, 1.82) is 0 Å². The van der Waals surface area contributed by atoms with E-state index in [1.807, 2.05) is 0 Å². The predicted molar refractivity (Wildman–Crippen MR) is 92.8 cm³/mol. The summed E-state index contributed by atoms with van der Waals surface area (Å²) in [5.41, 5.74) is 1.15. The van der Waals surface area contributed by atoms with Crippen LogP contribution in [-0.4, -0.2) is 45.7 Å². The third-order valence-corrected chi connectivity index (χ3v) is 4.95. The molecule has 138 valence electrons. The van der Waals surface area contributed by atoms with Crippen LogP contribution in [0.1, 0.15) is 19.3 Å². The Bertz CT molecular complexity index is 823. The van der Waals surface area contributed by atoms with E-state index in [0.717, 1.165) is 12.8 Å². The minimum atomic E-state index is -3.12. The van der Waals surface area contributed by atoms with Crippen LogP contribution in [0.5, 0.6) is 0 Å². The van der Waals surface area contributed by atoms with Crippen molar-refractivity contribution in [3.05, 3.63) is 35.9 Å². The fraction of sp³-hybridized carbons (Fsp3) is 0.471. The Balaban J connectivity index is 1.56. The number of hydrogen-bond acceptors (Lipinski definition) is 4. The number of hydrogen-bond donors (Lipinski definition) is 1. The van der Waals surface area contributed by atoms with Crippen LogP contribution in [0, 0.1) is 5.92 Å². The SMILES string of the molecule is O=C(NC1CC1)[C@H]1CCN(c2cnccc2-n2cc(Cl)cn2)CC1(F)F. The van der Waals surface area contributed by atoms with Crippen molar-refractivity contribution in [3.63, 3.8) is 0 Å². The molecule has 9 heteroatoms. The monoisotopic (exact) mass is 381 g/mol. The molecule has 4 rings (SSSR count). The Hall–Kier alpha value is -2.22. The van der Waals surface area contributed by atoms with E-state index in [0.29, 0.717) is 22.9 Å². The van der Waals surface area contributed by atoms with Gasteiger partial charge in [-0.15, -0.1) is 0 Å². The van der Waals surface area contributed by atoms with E-state index in [2.05, 4.69) is 15.4 Å². The normalized spacial score (nSPS) is 22.3. The zero-order valence-corrected chi connectivity index (χ0v) is 14.7. The van der Waals surface area contributed by atoms with Crippen molar-refractivity contribution in [1.82, 2.24) is 20.1 Å². The molecule has 1 aliphatic carbocycles. The highest BCUT2D eigenvalue weighted by molar-refractivity contribution is 6.30. The van der Waals surface area contributed by atoms with Gasteiger partial charge in [0.1, 0.15) is 5.92 Å². The third kappa shape index (κ3) is 3.38. The summed E-state index contributed by atoms with van der Waals surface area (Å²) in [6, 6.07) is 1.77. The number of anilines is 1. The lowest BCUT2D eigenvalue weighted by atomic mass is 9.91. The van der Waals surface area contributed by atoms with Crippen molar-refractivity contribution in [3.8, 4) is 5.69 Å². The van der Waals surface area contributed by atoms with Crippen LogP contribution >= 0.6 is 11.6 Å². The summed E-state index contributed by atoms with van der Waals surface area (Å²) in [6.45, 7) is -0.199. The molecule has 6 nitrogen and oxygen atoms in total. The van der Waals surface area contributed by atoms with Gasteiger partial charge in [0.15, 0.2) is 0 Å². The van der Waals surface area contributed by atoms with E-state index in [4.69, 9.17) is 11.6 Å². The molecule has 0 radical (unpaired) electrons. The summed E-state index contributed by atoms with van der Waals surface area (Å²) in [6.07, 6.45) is 8.03. The number of piperidine rings is 1. The van der Waals surface area contributed by atoms with Gasteiger partial charge in [-0.25, -0.2) is 13.5 Å². The molecule has 1 N–H and O–H groups in total. The molecule has 26 heavy (non-hydrogen) atoms. The first-order valence-electron chi connectivity index (χ1n) is 8.52. The molecular formula is C17H18ClF2N5O. The van der Waals surface area contributed by atoms with Gasteiger partial charge in [-0.3, -0.25) is 9.78 Å². The van der Waals surface area contributed by atoms with Crippen LogP contribution in [0.3, 0.4) is 0 Å². The first kappa shape index (κ1) is 17.2. The maximum atomic E-state index is 14.7. The van der Waals surface area contributed by atoms with Gasteiger partial charge >= 0.3 is 0 Å². The maximum absolute atomic E-state index is 14.7. The zero-order chi connectivity index (χ0) is 18.3. The maximum Gasteiger partial charge on any atom is 0.276 e. The molecule has 3 heterocycles. The van der Waals surface area contributed by atoms with Crippen molar-refractivity contribution in [2.45, 2.75) is 31.2 Å². The molecule has 2 aromatic rings. The number of carbonyl (C=O) groups is 1. The van der Waals surface area contributed by atoms with Gasteiger partial charge in [0.05, 0.1) is 35.3 Å². The second-order valence-corrected chi connectivity index (χ2v) is 7.21. The molecule has 1 amide bonds. The smallest absolute Gasteiger partial charge is 0.276 e. The molecule has 1 saturated carbocycles. The van der Waals surface area contributed by atoms with Crippen LogP contribution in [-0.2, 0) is 4.79 Å². The van der Waals surface area contributed by atoms with E-state index < -0.39 is 24.3 Å². The average Bonchev–Trinajstić information content (AvgIpc) is 3.31. The van der Waals surface area contributed by atoms with Crippen molar-refractivity contribution < 1.29 is 13.6 Å². The van der Waals surface area contributed by atoms with Crippen molar-refractivity contribution in [2.24, 2.45) is 5.92 Å². The molecule has 0 unspecified atom stereocenters. The lowest BCUT2D eigenvalue weighted by molar-refractivity contribution is -0.141. The quantitative estimate of drug-likeness (QED) is 0.884. The average molecular weight is 382 g/mol. The number of carbonyl (C=O) groups excluding carboxylic acids is 1. The Morgan fingerprint density at radius 2 is 2.08 bits per heavy atom. The van der Waals surface area contributed by atoms with Gasteiger partial charge in [0.2, 0.25) is 5.91 Å². The van der Waals surface area contributed by atoms with Crippen LogP contribution in [0.25, 0.3) is 5.69 Å². The second-order valence-electron chi connectivity index (χ2n) is 6.77. The first-order chi connectivity index (χ1) is 12.4. The fourth-order valence-electron chi connectivity index (χ4n) is 3.25. The lowest BCUT2D eigenvalue weighted by Crippen LogP contribution is -2.54. The van der Waals surface area contributed by atoms with Gasteiger partial charge in [0, 0.05) is 25.0 Å². The summed E-state index contributed by atoms with van der Waals surface area (Å²) in [5.74, 6) is -4.95. The van der Waals surface area contributed by atoms with Crippen LogP contribution in [0.15, 0.2) is 30.9 Å². The molecular weight excluding hydrogens is 364 g/mol. The van der Waals surface area contributed by atoms with Gasteiger partial charge in [0.25, 0.3) is 5.92 Å². The van der Waals surface area contributed by atoms with E-state index in [1.54, 1.807) is 23.4 Å². The number of rotatable bonds is 4. The minimum Gasteiger partial charge on any atom is -0.362 e. The zero-order valence-electron chi connectivity index (χ0n) is 13.9. The molecule has 1 atom stereocenters. The summed E-state index contributed by atoms with van der Waals surface area (Å²) in [4.78, 5) is 17.8. The molecule has 0 bridgehead atoms. The van der Waals surface area contributed by atoms with Crippen molar-refractivity contribution in [2.75, 3.05) is 18.0 Å². The van der Waals surface area contributed by atoms with Crippen molar-refractivity contribution >= 4 is 23.2 Å². The highest BCUT2D eigenvalue weighted by atomic mass is 35.5. The van der Waals surface area contributed by atoms with Crippen LogP contribution < -0.4 is 10.2 Å². The molecule has 1 aliphatic heterocycles. The van der Waals surface area contributed by atoms with Gasteiger partial charge in [-0.1, -0.05) is 11.6 Å². The molecule has 2 aliphatic rings. The number of pyridine rings is 1. The highest BCUT2D eigenvalue weighted by Crippen LogP contribution is 2.37. The predicted octanol–water partition coefficient (Wildman–Crippen LogP) is 2.66. The summed E-state index contributed by atoms with van der Waals surface area (Å²) < 4.78 is 30.9. The molecule has 2 aromatic heterocycles. The Morgan fingerprint density at radius 1 is 1.27 bits per heavy atom. The lowest BCUT2D eigenvalue weighted by Gasteiger charge is -2.39. The number of halogens is 3. The van der Waals surface area contributed by atoms with E-state index in [-0.39, 0.29) is 12.5 Å². The summed E-state index contributed by atoms with van der Waals surface area (Å²) in [7, 11) is 0. The molecule has 0 aromatic carbocycles. The van der Waals surface area contributed by atoms with Crippen LogP contribution in [0.2, 0.25) is 5.02 Å². The molecule has 1 saturated heterocycles. The van der Waals surface area contributed by atoms with E-state index >= 15 is 0 Å². The Morgan fingerprint density at radius 3 is 2.73 bits per heavy atom. The standard InChI is InChI=1S/C17H18ClF2N5O/c18-11-7-22-25(9-11)14-3-5-21-8-15(14)24-6-4-13(17(19,20)10-24)16(26)23-12-1-2-12/h3,5,7-9,12-13H,1-2,4,6,10H2,(H,23,26)/t13-/m1/s1. The number of aromatic nitrogens is 3. The van der Waals surface area contributed by atoms with Gasteiger partial charge in [-0.05, 0) is 25.3 Å². The van der Waals surface area contributed by atoms with Gasteiger partial charge < -0.3 is 10.2 Å². The van der Waals surface area contributed by atoms with E-state index in [1.165, 1.54) is 17.1 Å². The highest BCUT2D eigenvalue weighted by Gasteiger charge is 2.49.